The topological polar surface area (TPSA) is 58.2 Å². The molecule has 0 saturated heterocycles. The van der Waals surface area contributed by atoms with Crippen LogP contribution in [0.3, 0.4) is 0 Å². The number of terminal acetylenes is 1. The van der Waals surface area contributed by atoms with Gasteiger partial charge in [0, 0.05) is 24.7 Å². The smallest absolute Gasteiger partial charge is 0.240 e. The molecular formula is C15H20N2O2S. The van der Waals surface area contributed by atoms with Crippen LogP contribution in [0, 0.1) is 12.3 Å². The summed E-state index contributed by atoms with van der Waals surface area (Å²) in [5.41, 5.74) is 2.09. The summed E-state index contributed by atoms with van der Waals surface area (Å²) in [7, 11) is -3.51. The number of benzene rings is 1. The third-order valence-electron chi connectivity index (χ3n) is 3.51. The second kappa shape index (κ2) is 6.29. The molecule has 108 valence electrons. The van der Waals surface area contributed by atoms with Crippen molar-refractivity contribution in [2.24, 2.45) is 0 Å². The van der Waals surface area contributed by atoms with Crippen LogP contribution in [-0.4, -0.2) is 21.0 Å². The highest BCUT2D eigenvalue weighted by Gasteiger charge is 2.20. The number of rotatable bonds is 5. The number of aryl methyl sites for hydroxylation is 1. The SMILES string of the molecule is C#CCC(CC)NS(=O)(=O)c1ccc2c(c1)NCCC2. The fourth-order valence-corrected chi connectivity index (χ4v) is 3.65. The fourth-order valence-electron chi connectivity index (χ4n) is 2.31. The predicted molar refractivity (Wildman–Crippen MR) is 81.1 cm³/mol. The molecule has 2 N–H and O–H groups in total. The summed E-state index contributed by atoms with van der Waals surface area (Å²) in [6.45, 7) is 2.80. The Morgan fingerprint density at radius 2 is 2.30 bits per heavy atom. The highest BCUT2D eigenvalue weighted by molar-refractivity contribution is 7.89. The average molecular weight is 292 g/mol. The van der Waals surface area contributed by atoms with Crippen molar-refractivity contribution in [2.45, 2.75) is 43.5 Å². The average Bonchev–Trinajstić information content (AvgIpc) is 2.46. The van der Waals surface area contributed by atoms with Crippen LogP contribution in [0.25, 0.3) is 0 Å². The molecule has 0 aliphatic carbocycles. The fraction of sp³-hybridized carbons (Fsp3) is 0.467. The highest BCUT2D eigenvalue weighted by Crippen LogP contribution is 2.25. The summed E-state index contributed by atoms with van der Waals surface area (Å²) in [6, 6.07) is 5.04. The maximum absolute atomic E-state index is 12.4. The number of fused-ring (bicyclic) bond motifs is 1. The molecule has 0 aromatic heterocycles. The molecule has 1 aromatic carbocycles. The van der Waals surface area contributed by atoms with Gasteiger partial charge in [0.05, 0.1) is 4.90 Å². The molecule has 1 aliphatic heterocycles. The second-order valence-corrected chi connectivity index (χ2v) is 6.70. The molecule has 0 bridgehead atoms. The van der Waals surface area contributed by atoms with E-state index in [1.165, 1.54) is 5.56 Å². The zero-order valence-electron chi connectivity index (χ0n) is 11.6. The molecule has 0 saturated carbocycles. The van der Waals surface area contributed by atoms with Gasteiger partial charge in [0.1, 0.15) is 0 Å². The van der Waals surface area contributed by atoms with Crippen molar-refractivity contribution >= 4 is 15.7 Å². The zero-order chi connectivity index (χ0) is 14.6. The zero-order valence-corrected chi connectivity index (χ0v) is 12.5. The minimum atomic E-state index is -3.51. The lowest BCUT2D eigenvalue weighted by molar-refractivity contribution is 0.544. The minimum absolute atomic E-state index is 0.214. The van der Waals surface area contributed by atoms with Gasteiger partial charge in [-0.15, -0.1) is 12.3 Å². The first-order valence-electron chi connectivity index (χ1n) is 6.89. The molecule has 5 heteroatoms. The Kier molecular flexibility index (Phi) is 4.69. The van der Waals surface area contributed by atoms with Crippen molar-refractivity contribution in [3.05, 3.63) is 23.8 Å². The van der Waals surface area contributed by atoms with Crippen LogP contribution in [0.1, 0.15) is 31.7 Å². The molecule has 1 heterocycles. The molecule has 1 aliphatic rings. The van der Waals surface area contributed by atoms with E-state index in [0.29, 0.717) is 17.7 Å². The lowest BCUT2D eigenvalue weighted by Crippen LogP contribution is -2.34. The van der Waals surface area contributed by atoms with Crippen molar-refractivity contribution in [2.75, 3.05) is 11.9 Å². The minimum Gasteiger partial charge on any atom is -0.385 e. The van der Waals surface area contributed by atoms with E-state index in [1.807, 2.05) is 13.0 Å². The molecule has 0 fully saturated rings. The van der Waals surface area contributed by atoms with Gasteiger partial charge in [-0.1, -0.05) is 13.0 Å². The first-order valence-corrected chi connectivity index (χ1v) is 8.37. The van der Waals surface area contributed by atoms with Crippen LogP contribution in [0.15, 0.2) is 23.1 Å². The van der Waals surface area contributed by atoms with Crippen molar-refractivity contribution in [1.29, 1.82) is 0 Å². The standard InChI is InChI=1S/C15H20N2O2S/c1-3-6-13(4-2)17-20(18,19)14-9-8-12-7-5-10-16-15(12)11-14/h1,8-9,11,13,16-17H,4-7,10H2,2H3. The van der Waals surface area contributed by atoms with Crippen molar-refractivity contribution in [3.63, 3.8) is 0 Å². The Balaban J connectivity index is 2.23. The number of hydrogen-bond acceptors (Lipinski definition) is 3. The van der Waals surface area contributed by atoms with Crippen LogP contribution in [-0.2, 0) is 16.4 Å². The lowest BCUT2D eigenvalue weighted by Gasteiger charge is -2.20. The van der Waals surface area contributed by atoms with E-state index in [0.717, 1.165) is 25.1 Å². The van der Waals surface area contributed by atoms with E-state index >= 15 is 0 Å². The summed E-state index contributed by atoms with van der Waals surface area (Å²) in [5, 5.41) is 3.24. The third kappa shape index (κ3) is 3.33. The quantitative estimate of drug-likeness (QED) is 0.817. The molecule has 2 rings (SSSR count). The Morgan fingerprint density at radius 1 is 1.50 bits per heavy atom. The van der Waals surface area contributed by atoms with Crippen LogP contribution in [0.5, 0.6) is 0 Å². The third-order valence-corrected chi connectivity index (χ3v) is 5.03. The maximum atomic E-state index is 12.4. The molecule has 1 atom stereocenters. The van der Waals surface area contributed by atoms with Gasteiger partial charge in [-0.2, -0.15) is 0 Å². The molecule has 4 nitrogen and oxygen atoms in total. The summed E-state index contributed by atoms with van der Waals surface area (Å²) in [5.74, 6) is 2.50. The van der Waals surface area contributed by atoms with Gasteiger partial charge >= 0.3 is 0 Å². The van der Waals surface area contributed by atoms with Crippen molar-refractivity contribution < 1.29 is 8.42 Å². The molecule has 1 unspecified atom stereocenters. The van der Waals surface area contributed by atoms with Gasteiger partial charge < -0.3 is 5.32 Å². The van der Waals surface area contributed by atoms with E-state index in [4.69, 9.17) is 6.42 Å². The van der Waals surface area contributed by atoms with E-state index in [1.54, 1.807) is 12.1 Å². The molecule has 0 amide bonds. The van der Waals surface area contributed by atoms with Crippen molar-refractivity contribution in [1.82, 2.24) is 4.72 Å². The van der Waals surface area contributed by atoms with Gasteiger partial charge in [-0.3, -0.25) is 0 Å². The van der Waals surface area contributed by atoms with Crippen LogP contribution in [0.2, 0.25) is 0 Å². The van der Waals surface area contributed by atoms with E-state index < -0.39 is 10.0 Å². The largest absolute Gasteiger partial charge is 0.385 e. The number of hydrogen-bond donors (Lipinski definition) is 2. The Morgan fingerprint density at radius 3 is 3.00 bits per heavy atom. The molecule has 0 spiro atoms. The Hall–Kier alpha value is -1.51. The first-order chi connectivity index (χ1) is 9.56. The lowest BCUT2D eigenvalue weighted by atomic mass is 10.0. The maximum Gasteiger partial charge on any atom is 0.240 e. The first kappa shape index (κ1) is 14.9. The van der Waals surface area contributed by atoms with Crippen LogP contribution < -0.4 is 10.0 Å². The molecule has 20 heavy (non-hydrogen) atoms. The van der Waals surface area contributed by atoms with Gasteiger partial charge in [0.15, 0.2) is 0 Å². The van der Waals surface area contributed by atoms with Crippen LogP contribution >= 0.6 is 0 Å². The second-order valence-electron chi connectivity index (χ2n) is 4.98. The highest BCUT2D eigenvalue weighted by atomic mass is 32.2. The summed E-state index contributed by atoms with van der Waals surface area (Å²) < 4.78 is 27.4. The molecule has 0 radical (unpaired) electrons. The normalized spacial score (nSPS) is 15.8. The van der Waals surface area contributed by atoms with Gasteiger partial charge in [-0.25, -0.2) is 13.1 Å². The Bertz CT molecular complexity index is 617. The number of anilines is 1. The Labute approximate surface area is 121 Å². The number of sulfonamides is 1. The van der Waals surface area contributed by atoms with Crippen molar-refractivity contribution in [3.8, 4) is 12.3 Å². The predicted octanol–water partition coefficient (Wildman–Crippen LogP) is 2.12. The van der Waals surface area contributed by atoms with E-state index in [9.17, 15) is 8.42 Å². The summed E-state index contributed by atoms with van der Waals surface area (Å²) in [4.78, 5) is 0.293. The molecular weight excluding hydrogens is 272 g/mol. The summed E-state index contributed by atoms with van der Waals surface area (Å²) >= 11 is 0. The molecule has 1 aromatic rings. The van der Waals surface area contributed by atoms with Crippen LogP contribution in [0.4, 0.5) is 5.69 Å². The van der Waals surface area contributed by atoms with E-state index in [-0.39, 0.29) is 6.04 Å². The van der Waals surface area contributed by atoms with E-state index in [2.05, 4.69) is 16.0 Å². The summed E-state index contributed by atoms with van der Waals surface area (Å²) in [6.07, 6.45) is 8.41. The van der Waals surface area contributed by atoms with Gasteiger partial charge in [0.2, 0.25) is 10.0 Å². The van der Waals surface area contributed by atoms with Gasteiger partial charge in [0.25, 0.3) is 0 Å². The number of nitrogens with one attached hydrogen (secondary N) is 2. The van der Waals surface area contributed by atoms with Gasteiger partial charge in [-0.05, 0) is 37.0 Å². The monoisotopic (exact) mass is 292 g/mol.